The van der Waals surface area contributed by atoms with E-state index in [1.807, 2.05) is 28.8 Å². The molecule has 1 saturated heterocycles. The fourth-order valence-corrected chi connectivity index (χ4v) is 2.70. The molecule has 1 unspecified atom stereocenters. The van der Waals surface area contributed by atoms with Crippen LogP contribution in [0.25, 0.3) is 11.0 Å². The zero-order valence-electron chi connectivity index (χ0n) is 10.0. The predicted molar refractivity (Wildman–Crippen MR) is 68.8 cm³/mol. The lowest BCUT2D eigenvalue weighted by molar-refractivity contribution is -0.108. The average molecular weight is 245 g/mol. The molecule has 0 spiro atoms. The van der Waals surface area contributed by atoms with Crippen molar-refractivity contribution in [3.05, 3.63) is 34.7 Å². The van der Waals surface area contributed by atoms with Crippen molar-refractivity contribution in [3.8, 4) is 0 Å². The van der Waals surface area contributed by atoms with Crippen LogP contribution in [0.3, 0.4) is 0 Å². The molecule has 0 aliphatic carbocycles. The molecule has 1 aromatic carbocycles. The smallest absolute Gasteiger partial charge is 0.315 e. The lowest BCUT2D eigenvalue weighted by atomic mass is 10.2. The van der Waals surface area contributed by atoms with Crippen LogP contribution in [0.5, 0.6) is 0 Å². The van der Waals surface area contributed by atoms with E-state index < -0.39 is 0 Å². The number of para-hydroxylation sites is 2. The number of benzene rings is 1. The van der Waals surface area contributed by atoms with Crippen LogP contribution < -0.4 is 11.0 Å². The van der Waals surface area contributed by atoms with Gasteiger partial charge >= 0.3 is 5.69 Å². The van der Waals surface area contributed by atoms with Gasteiger partial charge < -0.3 is 10.1 Å². The monoisotopic (exact) mass is 245 g/mol. The maximum absolute atomic E-state index is 12.4. The highest BCUT2D eigenvalue weighted by Crippen LogP contribution is 2.20. The molecule has 1 fully saturated rings. The highest BCUT2D eigenvalue weighted by molar-refractivity contribution is 5.77. The van der Waals surface area contributed by atoms with Crippen LogP contribution in [-0.4, -0.2) is 28.5 Å². The number of rotatable bonds is 3. The zero-order valence-corrected chi connectivity index (χ0v) is 10.0. The lowest BCUT2D eigenvalue weighted by Gasteiger charge is -2.10. The number of aromatic nitrogens is 2. The van der Waals surface area contributed by atoms with Gasteiger partial charge in [-0.2, -0.15) is 0 Å². The Labute approximate surface area is 104 Å². The van der Waals surface area contributed by atoms with Gasteiger partial charge in [0.25, 0.3) is 0 Å². The minimum Gasteiger partial charge on any atom is -0.315 e. The molecule has 0 amide bonds. The van der Waals surface area contributed by atoms with E-state index in [0.717, 1.165) is 36.8 Å². The normalized spacial score (nSPS) is 19.4. The van der Waals surface area contributed by atoms with E-state index in [4.69, 9.17) is 0 Å². The largest absolute Gasteiger partial charge is 0.329 e. The molecule has 5 heteroatoms. The SMILES string of the molecule is O=CCn1c(=O)n(C2CCNC2)c2ccccc21. The molecule has 5 nitrogen and oxygen atoms in total. The van der Waals surface area contributed by atoms with Crippen molar-refractivity contribution in [1.29, 1.82) is 0 Å². The van der Waals surface area contributed by atoms with Crippen molar-refractivity contribution in [1.82, 2.24) is 14.5 Å². The van der Waals surface area contributed by atoms with Gasteiger partial charge in [-0.05, 0) is 25.1 Å². The van der Waals surface area contributed by atoms with E-state index in [-0.39, 0.29) is 18.3 Å². The van der Waals surface area contributed by atoms with Crippen LogP contribution in [0.15, 0.2) is 29.1 Å². The van der Waals surface area contributed by atoms with Crippen molar-refractivity contribution in [3.63, 3.8) is 0 Å². The van der Waals surface area contributed by atoms with Crippen LogP contribution in [0.4, 0.5) is 0 Å². The Kier molecular flexibility index (Phi) is 2.76. The second-order valence-corrected chi connectivity index (χ2v) is 4.57. The van der Waals surface area contributed by atoms with Crippen molar-refractivity contribution >= 4 is 17.3 Å². The first-order valence-electron chi connectivity index (χ1n) is 6.17. The van der Waals surface area contributed by atoms with Crippen LogP contribution in [-0.2, 0) is 11.3 Å². The van der Waals surface area contributed by atoms with E-state index in [1.165, 1.54) is 0 Å². The average Bonchev–Trinajstić information content (AvgIpc) is 2.98. The van der Waals surface area contributed by atoms with Crippen molar-refractivity contribution in [2.75, 3.05) is 13.1 Å². The second kappa shape index (κ2) is 4.42. The third kappa shape index (κ3) is 1.59. The number of hydrogen-bond donors (Lipinski definition) is 1. The highest BCUT2D eigenvalue weighted by atomic mass is 16.2. The van der Waals surface area contributed by atoms with Gasteiger partial charge in [0.05, 0.1) is 23.6 Å². The number of hydrogen-bond acceptors (Lipinski definition) is 3. The zero-order chi connectivity index (χ0) is 12.5. The summed E-state index contributed by atoms with van der Waals surface area (Å²) in [5.41, 5.74) is 1.66. The molecule has 0 bridgehead atoms. The fourth-order valence-electron chi connectivity index (χ4n) is 2.70. The van der Waals surface area contributed by atoms with Crippen LogP contribution in [0, 0.1) is 0 Å². The summed E-state index contributed by atoms with van der Waals surface area (Å²) in [5, 5.41) is 3.27. The minimum absolute atomic E-state index is 0.0861. The molecule has 1 aliphatic heterocycles. The molecule has 0 radical (unpaired) electrons. The molecule has 1 atom stereocenters. The van der Waals surface area contributed by atoms with Crippen LogP contribution in [0.1, 0.15) is 12.5 Å². The molecule has 3 rings (SSSR count). The third-order valence-corrected chi connectivity index (χ3v) is 3.53. The van der Waals surface area contributed by atoms with Gasteiger partial charge in [-0.15, -0.1) is 0 Å². The number of carbonyl (C=O) groups is 1. The standard InChI is InChI=1S/C13H15N3O2/c17-8-7-15-11-3-1-2-4-12(11)16(13(15)18)10-5-6-14-9-10/h1-4,8,10,14H,5-7,9H2. The highest BCUT2D eigenvalue weighted by Gasteiger charge is 2.22. The minimum atomic E-state index is -0.0861. The van der Waals surface area contributed by atoms with Crippen LogP contribution in [0.2, 0.25) is 0 Å². The molecule has 2 heterocycles. The third-order valence-electron chi connectivity index (χ3n) is 3.53. The summed E-state index contributed by atoms with van der Waals surface area (Å²) >= 11 is 0. The van der Waals surface area contributed by atoms with Gasteiger partial charge in [0.2, 0.25) is 0 Å². The molecular formula is C13H15N3O2. The molecule has 0 saturated carbocycles. The first-order valence-corrected chi connectivity index (χ1v) is 6.17. The van der Waals surface area contributed by atoms with Crippen LogP contribution >= 0.6 is 0 Å². The van der Waals surface area contributed by atoms with E-state index in [2.05, 4.69) is 5.32 Å². The quantitative estimate of drug-likeness (QED) is 0.803. The Morgan fingerprint density at radius 3 is 2.78 bits per heavy atom. The molecule has 1 N–H and O–H groups in total. The van der Waals surface area contributed by atoms with Gasteiger partial charge in [-0.3, -0.25) is 9.13 Å². The molecule has 18 heavy (non-hydrogen) atoms. The summed E-state index contributed by atoms with van der Waals surface area (Å²) in [6, 6.07) is 7.83. The molecule has 1 aromatic heterocycles. The Morgan fingerprint density at radius 2 is 2.11 bits per heavy atom. The van der Waals surface area contributed by atoms with Crippen molar-refractivity contribution in [2.45, 2.75) is 19.0 Å². The number of nitrogens with one attached hydrogen (secondary N) is 1. The summed E-state index contributed by atoms with van der Waals surface area (Å²) in [4.78, 5) is 23.1. The maximum atomic E-state index is 12.4. The number of carbonyl (C=O) groups excluding carboxylic acids is 1. The van der Waals surface area contributed by atoms with E-state index in [0.29, 0.717) is 0 Å². The number of fused-ring (bicyclic) bond motifs is 1. The predicted octanol–water partition coefficient (Wildman–Crippen LogP) is 0.536. The summed E-state index contributed by atoms with van der Waals surface area (Å²) in [6.45, 7) is 1.87. The first kappa shape index (κ1) is 11.2. The van der Waals surface area contributed by atoms with E-state index in [9.17, 15) is 9.59 Å². The number of imidazole rings is 1. The summed E-state index contributed by atoms with van der Waals surface area (Å²) in [7, 11) is 0. The van der Waals surface area contributed by atoms with E-state index >= 15 is 0 Å². The fraction of sp³-hybridized carbons (Fsp3) is 0.385. The number of aldehydes is 1. The molecule has 2 aromatic rings. The Hall–Kier alpha value is -1.88. The summed E-state index contributed by atoms with van der Waals surface area (Å²) < 4.78 is 3.36. The van der Waals surface area contributed by atoms with E-state index in [1.54, 1.807) is 4.57 Å². The number of nitrogens with zero attached hydrogens (tertiary/aromatic N) is 2. The van der Waals surface area contributed by atoms with Gasteiger partial charge in [-0.1, -0.05) is 12.1 Å². The van der Waals surface area contributed by atoms with Gasteiger partial charge in [0.1, 0.15) is 6.29 Å². The van der Waals surface area contributed by atoms with Gasteiger partial charge in [-0.25, -0.2) is 4.79 Å². The Bertz CT molecular complexity index is 635. The van der Waals surface area contributed by atoms with Gasteiger partial charge in [0.15, 0.2) is 0 Å². The van der Waals surface area contributed by atoms with Gasteiger partial charge in [0, 0.05) is 6.54 Å². The molecule has 1 aliphatic rings. The molecular weight excluding hydrogens is 230 g/mol. The van der Waals surface area contributed by atoms with Crippen molar-refractivity contribution in [2.24, 2.45) is 0 Å². The maximum Gasteiger partial charge on any atom is 0.329 e. The first-order chi connectivity index (χ1) is 8.83. The van der Waals surface area contributed by atoms with Crippen molar-refractivity contribution < 1.29 is 4.79 Å². The molecule has 94 valence electrons. The Morgan fingerprint density at radius 1 is 1.33 bits per heavy atom. The summed E-state index contributed by atoms with van der Waals surface area (Å²) in [6.07, 6.45) is 1.72. The summed E-state index contributed by atoms with van der Waals surface area (Å²) in [5.74, 6) is 0. The second-order valence-electron chi connectivity index (χ2n) is 4.57. The topological polar surface area (TPSA) is 56.0 Å². The lowest BCUT2D eigenvalue weighted by Crippen LogP contribution is -2.28. The Balaban J connectivity index is 2.26.